The van der Waals surface area contributed by atoms with Gasteiger partial charge in [0, 0.05) is 0 Å². The summed E-state index contributed by atoms with van der Waals surface area (Å²) in [5.74, 6) is 0. The Morgan fingerprint density at radius 3 is 2.86 bits per heavy atom. The van der Waals surface area contributed by atoms with Crippen molar-refractivity contribution in [3.63, 3.8) is 0 Å². The fourth-order valence-corrected chi connectivity index (χ4v) is 1.11. The summed E-state index contributed by atoms with van der Waals surface area (Å²) in [6, 6.07) is 7.22. The number of benzene rings is 1. The number of aromatic nitrogens is 1. The van der Waals surface area contributed by atoms with Crippen LogP contribution in [0, 0.1) is 0 Å². The fourth-order valence-electron chi connectivity index (χ4n) is 1.11. The Morgan fingerprint density at radius 2 is 2.14 bits per heavy atom. The third-order valence-electron chi connectivity index (χ3n) is 1.70. The lowest BCUT2D eigenvalue weighted by Crippen LogP contribution is -2.10. The topological polar surface area (TPSA) is 38.1 Å². The van der Waals surface area contributed by atoms with E-state index < -0.39 is 13.0 Å². The summed E-state index contributed by atoms with van der Waals surface area (Å²) < 4.78 is 28.9. The van der Waals surface area contributed by atoms with Crippen molar-refractivity contribution in [1.29, 1.82) is 0 Å². The van der Waals surface area contributed by atoms with E-state index >= 15 is 0 Å². The van der Waals surface area contributed by atoms with Crippen molar-refractivity contribution in [1.82, 2.24) is 4.98 Å². The molecule has 1 heterocycles. The molecular formula is C9H8F2N2O. The van der Waals surface area contributed by atoms with E-state index in [4.69, 9.17) is 4.42 Å². The summed E-state index contributed by atoms with van der Waals surface area (Å²) in [5, 5.41) is 2.41. The molecule has 0 aliphatic heterocycles. The first-order valence-electron chi connectivity index (χ1n) is 4.13. The van der Waals surface area contributed by atoms with E-state index in [1.165, 1.54) is 0 Å². The Hall–Kier alpha value is -1.65. The minimum atomic E-state index is -2.41. The van der Waals surface area contributed by atoms with Gasteiger partial charge in [-0.25, -0.2) is 8.78 Å². The highest BCUT2D eigenvalue weighted by Crippen LogP contribution is 2.17. The van der Waals surface area contributed by atoms with Crippen molar-refractivity contribution in [3.8, 4) is 0 Å². The standard InChI is InChI=1S/C9H8F2N2O/c10-8(11)5-12-9-13-6-3-1-2-4-7(6)14-9/h1-4,8H,5H2,(H,12,13). The average molecular weight is 198 g/mol. The molecule has 3 nitrogen and oxygen atoms in total. The molecule has 2 aromatic rings. The van der Waals surface area contributed by atoms with Crippen molar-refractivity contribution in [2.45, 2.75) is 6.43 Å². The molecule has 1 aromatic heterocycles. The number of fused-ring (bicyclic) bond motifs is 1. The molecule has 0 aliphatic carbocycles. The maximum absolute atomic E-state index is 11.8. The molecule has 0 spiro atoms. The van der Waals surface area contributed by atoms with E-state index in [0.717, 1.165) is 0 Å². The van der Waals surface area contributed by atoms with Crippen LogP contribution in [0.2, 0.25) is 0 Å². The summed E-state index contributed by atoms with van der Waals surface area (Å²) in [6.07, 6.45) is -2.41. The third-order valence-corrected chi connectivity index (χ3v) is 1.70. The average Bonchev–Trinajstić information content (AvgIpc) is 2.57. The Morgan fingerprint density at radius 1 is 1.36 bits per heavy atom. The van der Waals surface area contributed by atoms with Gasteiger partial charge in [-0.1, -0.05) is 12.1 Å². The van der Waals surface area contributed by atoms with Crippen LogP contribution >= 0.6 is 0 Å². The lowest BCUT2D eigenvalue weighted by Gasteiger charge is -1.97. The SMILES string of the molecule is FC(F)CNc1nc2ccccc2o1. The highest BCUT2D eigenvalue weighted by Gasteiger charge is 2.06. The van der Waals surface area contributed by atoms with Crippen molar-refractivity contribution in [2.75, 3.05) is 11.9 Å². The summed E-state index contributed by atoms with van der Waals surface area (Å²) in [4.78, 5) is 3.97. The zero-order chi connectivity index (χ0) is 9.97. The van der Waals surface area contributed by atoms with Crippen LogP contribution in [0.3, 0.4) is 0 Å². The van der Waals surface area contributed by atoms with Crippen molar-refractivity contribution < 1.29 is 13.2 Å². The normalized spacial score (nSPS) is 11.1. The molecule has 0 atom stereocenters. The molecule has 74 valence electrons. The number of alkyl halides is 2. The monoisotopic (exact) mass is 198 g/mol. The number of hydrogen-bond acceptors (Lipinski definition) is 3. The molecule has 14 heavy (non-hydrogen) atoms. The molecule has 2 rings (SSSR count). The number of nitrogens with zero attached hydrogens (tertiary/aromatic N) is 1. The smallest absolute Gasteiger partial charge is 0.295 e. The van der Waals surface area contributed by atoms with Gasteiger partial charge in [-0.3, -0.25) is 0 Å². The van der Waals surface area contributed by atoms with E-state index in [9.17, 15) is 8.78 Å². The van der Waals surface area contributed by atoms with E-state index in [0.29, 0.717) is 11.1 Å². The molecule has 1 aromatic carbocycles. The zero-order valence-electron chi connectivity index (χ0n) is 7.21. The molecule has 0 radical (unpaired) electrons. The van der Waals surface area contributed by atoms with Gasteiger partial charge in [0.05, 0.1) is 6.54 Å². The second-order valence-electron chi connectivity index (χ2n) is 2.76. The van der Waals surface area contributed by atoms with Gasteiger partial charge in [0.1, 0.15) is 5.52 Å². The van der Waals surface area contributed by atoms with Crippen molar-refractivity contribution in [3.05, 3.63) is 24.3 Å². The zero-order valence-corrected chi connectivity index (χ0v) is 7.21. The molecule has 1 N–H and O–H groups in total. The lowest BCUT2D eigenvalue weighted by molar-refractivity contribution is 0.162. The van der Waals surface area contributed by atoms with E-state index in [2.05, 4.69) is 10.3 Å². The van der Waals surface area contributed by atoms with Gasteiger partial charge in [-0.05, 0) is 12.1 Å². The minimum Gasteiger partial charge on any atom is -0.424 e. The first-order valence-corrected chi connectivity index (χ1v) is 4.13. The molecular weight excluding hydrogens is 190 g/mol. The van der Waals surface area contributed by atoms with E-state index in [1.54, 1.807) is 18.2 Å². The summed E-state index contributed by atoms with van der Waals surface area (Å²) in [6.45, 7) is -0.452. The number of hydrogen-bond donors (Lipinski definition) is 1. The van der Waals surface area contributed by atoms with Crippen LogP contribution in [-0.4, -0.2) is 18.0 Å². The maximum atomic E-state index is 11.8. The number of halogens is 2. The van der Waals surface area contributed by atoms with Crippen LogP contribution < -0.4 is 5.32 Å². The van der Waals surface area contributed by atoms with Gasteiger partial charge in [0.2, 0.25) is 0 Å². The summed E-state index contributed by atoms with van der Waals surface area (Å²) >= 11 is 0. The highest BCUT2D eigenvalue weighted by atomic mass is 19.3. The maximum Gasteiger partial charge on any atom is 0.295 e. The highest BCUT2D eigenvalue weighted by molar-refractivity contribution is 5.74. The van der Waals surface area contributed by atoms with Crippen molar-refractivity contribution >= 4 is 17.1 Å². The largest absolute Gasteiger partial charge is 0.424 e. The van der Waals surface area contributed by atoms with Crippen molar-refractivity contribution in [2.24, 2.45) is 0 Å². The Balaban J connectivity index is 2.19. The predicted octanol–water partition coefficient (Wildman–Crippen LogP) is 2.50. The second kappa shape index (κ2) is 3.61. The number of oxazole rings is 1. The number of nitrogens with one attached hydrogen (secondary N) is 1. The van der Waals surface area contributed by atoms with Gasteiger partial charge in [-0.15, -0.1) is 0 Å². The quantitative estimate of drug-likeness (QED) is 0.823. The fraction of sp³-hybridized carbons (Fsp3) is 0.222. The molecule has 0 aliphatic rings. The summed E-state index contributed by atoms with van der Waals surface area (Å²) in [5.41, 5.74) is 1.24. The molecule has 5 heteroatoms. The Bertz CT molecular complexity index is 394. The van der Waals surface area contributed by atoms with E-state index in [-0.39, 0.29) is 6.01 Å². The van der Waals surface area contributed by atoms with Crippen LogP contribution in [0.5, 0.6) is 0 Å². The molecule has 0 saturated heterocycles. The molecule has 0 amide bonds. The van der Waals surface area contributed by atoms with Gasteiger partial charge < -0.3 is 9.73 Å². The first kappa shape index (κ1) is 8.93. The van der Waals surface area contributed by atoms with Gasteiger partial charge in [0.25, 0.3) is 12.4 Å². The Labute approximate surface area is 78.7 Å². The molecule has 0 saturated carbocycles. The number of rotatable bonds is 3. The van der Waals surface area contributed by atoms with E-state index in [1.807, 2.05) is 6.07 Å². The number of anilines is 1. The van der Waals surface area contributed by atoms with Gasteiger partial charge >= 0.3 is 0 Å². The van der Waals surface area contributed by atoms with Crippen LogP contribution in [-0.2, 0) is 0 Å². The second-order valence-corrected chi connectivity index (χ2v) is 2.76. The van der Waals surface area contributed by atoms with Crippen LogP contribution in [0.4, 0.5) is 14.8 Å². The third kappa shape index (κ3) is 1.81. The first-order chi connectivity index (χ1) is 6.75. The summed E-state index contributed by atoms with van der Waals surface area (Å²) in [7, 11) is 0. The van der Waals surface area contributed by atoms with Crippen LogP contribution in [0.25, 0.3) is 11.1 Å². The van der Waals surface area contributed by atoms with Gasteiger partial charge in [0.15, 0.2) is 5.58 Å². The van der Waals surface area contributed by atoms with Crippen LogP contribution in [0.1, 0.15) is 0 Å². The molecule has 0 bridgehead atoms. The van der Waals surface area contributed by atoms with Gasteiger partial charge in [-0.2, -0.15) is 4.98 Å². The minimum absolute atomic E-state index is 0.131. The Kier molecular flexibility index (Phi) is 2.30. The predicted molar refractivity (Wildman–Crippen MR) is 48.5 cm³/mol. The lowest BCUT2D eigenvalue weighted by atomic mass is 10.3. The molecule has 0 unspecified atom stereocenters. The van der Waals surface area contributed by atoms with Crippen LogP contribution in [0.15, 0.2) is 28.7 Å². The molecule has 0 fully saturated rings. The number of para-hydroxylation sites is 2.